The molecule has 0 amide bonds. The zero-order chi connectivity index (χ0) is 17.5. The van der Waals surface area contributed by atoms with E-state index in [1.54, 1.807) is 0 Å². The van der Waals surface area contributed by atoms with E-state index in [0.717, 1.165) is 35.2 Å². The highest BCUT2D eigenvalue weighted by Gasteiger charge is 2.11. The van der Waals surface area contributed by atoms with Crippen LogP contribution in [0, 0.1) is 0 Å². The second kappa shape index (κ2) is 9.02. The van der Waals surface area contributed by atoms with E-state index in [1.807, 2.05) is 36.5 Å². The first-order chi connectivity index (χ1) is 12.2. The molecule has 0 radical (unpaired) electrons. The van der Waals surface area contributed by atoms with Gasteiger partial charge in [0, 0.05) is 24.7 Å². The summed E-state index contributed by atoms with van der Waals surface area (Å²) in [6, 6.07) is 11.8. The summed E-state index contributed by atoms with van der Waals surface area (Å²) < 4.78 is 0. The van der Waals surface area contributed by atoms with Crippen LogP contribution in [0.1, 0.15) is 31.2 Å². The molecule has 3 rings (SSSR count). The molecule has 2 aromatic rings. The smallest absolute Gasteiger partial charge is 0.171 e. The van der Waals surface area contributed by atoms with Gasteiger partial charge in [-0.25, -0.2) is 4.98 Å². The van der Waals surface area contributed by atoms with Crippen molar-refractivity contribution in [2.45, 2.75) is 32.2 Å². The zero-order valence-corrected chi connectivity index (χ0v) is 15.7. The van der Waals surface area contributed by atoms with Crippen LogP contribution in [0.25, 0.3) is 0 Å². The number of aromatic nitrogens is 1. The molecule has 1 aromatic heterocycles. The van der Waals surface area contributed by atoms with Gasteiger partial charge in [-0.1, -0.05) is 42.6 Å². The van der Waals surface area contributed by atoms with Gasteiger partial charge >= 0.3 is 0 Å². The van der Waals surface area contributed by atoms with Crippen molar-refractivity contribution in [3.63, 3.8) is 0 Å². The van der Waals surface area contributed by atoms with E-state index >= 15 is 0 Å². The van der Waals surface area contributed by atoms with Gasteiger partial charge < -0.3 is 15.5 Å². The molecule has 4 nitrogen and oxygen atoms in total. The Hall–Kier alpha value is -1.85. The Kier molecular flexibility index (Phi) is 6.48. The first kappa shape index (κ1) is 18.0. The number of hydrogen-bond donors (Lipinski definition) is 2. The minimum absolute atomic E-state index is 0.559. The number of rotatable bonds is 4. The van der Waals surface area contributed by atoms with Gasteiger partial charge in [0.15, 0.2) is 5.11 Å². The van der Waals surface area contributed by atoms with Crippen molar-refractivity contribution in [3.05, 3.63) is 53.2 Å². The largest absolute Gasteiger partial charge is 0.358 e. The normalized spacial score (nSPS) is 14.7. The second-order valence-electron chi connectivity index (χ2n) is 6.21. The van der Waals surface area contributed by atoms with E-state index in [2.05, 4.69) is 26.6 Å². The van der Waals surface area contributed by atoms with Crippen LogP contribution in [-0.2, 0) is 6.54 Å². The molecule has 1 saturated heterocycles. The lowest BCUT2D eigenvalue weighted by atomic mass is 10.2. The van der Waals surface area contributed by atoms with Crippen molar-refractivity contribution >= 4 is 40.4 Å². The summed E-state index contributed by atoms with van der Waals surface area (Å²) >= 11 is 11.5. The minimum atomic E-state index is 0.559. The van der Waals surface area contributed by atoms with Gasteiger partial charge in [-0.15, -0.1) is 0 Å². The summed E-state index contributed by atoms with van der Waals surface area (Å²) in [4.78, 5) is 6.95. The van der Waals surface area contributed by atoms with Crippen LogP contribution in [0.4, 0.5) is 11.5 Å². The number of nitrogens with zero attached hydrogens (tertiary/aromatic N) is 2. The van der Waals surface area contributed by atoms with Crippen molar-refractivity contribution in [1.29, 1.82) is 0 Å². The molecular formula is C19H23ClN4S. The third-order valence-electron chi connectivity index (χ3n) is 4.33. The summed E-state index contributed by atoms with van der Waals surface area (Å²) in [5, 5.41) is 7.64. The molecule has 0 atom stereocenters. The molecule has 0 unspecified atom stereocenters. The molecule has 1 aliphatic heterocycles. The highest BCUT2D eigenvalue weighted by molar-refractivity contribution is 7.80. The predicted molar refractivity (Wildman–Crippen MR) is 109 cm³/mol. The highest BCUT2D eigenvalue weighted by atomic mass is 35.5. The van der Waals surface area contributed by atoms with Crippen LogP contribution < -0.4 is 15.5 Å². The lowest BCUT2D eigenvalue weighted by Crippen LogP contribution is -2.28. The standard InChI is InChI=1S/C19H23ClN4S/c20-17-8-4-3-7-15(17)13-22-19(25)23-16-9-10-18(21-14-16)24-11-5-1-2-6-12-24/h3-4,7-10,14H,1-2,5-6,11-13H2,(H2,22,23,25). The van der Waals surface area contributed by atoms with Crippen molar-refractivity contribution in [2.24, 2.45) is 0 Å². The van der Waals surface area contributed by atoms with Crippen LogP contribution in [0.3, 0.4) is 0 Å². The van der Waals surface area contributed by atoms with Gasteiger partial charge in [-0.3, -0.25) is 0 Å². The molecule has 25 heavy (non-hydrogen) atoms. The Morgan fingerprint density at radius 3 is 2.52 bits per heavy atom. The van der Waals surface area contributed by atoms with E-state index in [-0.39, 0.29) is 0 Å². The lowest BCUT2D eigenvalue weighted by molar-refractivity contribution is 0.726. The third kappa shape index (κ3) is 5.31. The fourth-order valence-electron chi connectivity index (χ4n) is 2.94. The van der Waals surface area contributed by atoms with Crippen molar-refractivity contribution in [1.82, 2.24) is 10.3 Å². The summed E-state index contributed by atoms with van der Waals surface area (Å²) in [5.41, 5.74) is 1.90. The number of hydrogen-bond acceptors (Lipinski definition) is 3. The third-order valence-corrected chi connectivity index (χ3v) is 4.95. The van der Waals surface area contributed by atoms with E-state index in [0.29, 0.717) is 11.7 Å². The quantitative estimate of drug-likeness (QED) is 0.765. The van der Waals surface area contributed by atoms with Gasteiger partial charge in [0.25, 0.3) is 0 Å². The summed E-state index contributed by atoms with van der Waals surface area (Å²) in [6.07, 6.45) is 6.97. The predicted octanol–water partition coefficient (Wildman–Crippen LogP) is 4.60. The van der Waals surface area contributed by atoms with Gasteiger partial charge in [0.2, 0.25) is 0 Å². The van der Waals surface area contributed by atoms with Gasteiger partial charge in [-0.05, 0) is 48.8 Å². The molecule has 0 saturated carbocycles. The number of thiocarbonyl (C=S) groups is 1. The summed E-state index contributed by atoms with van der Waals surface area (Å²) in [6.45, 7) is 2.78. The number of halogens is 1. The lowest BCUT2D eigenvalue weighted by Gasteiger charge is -2.21. The number of anilines is 2. The zero-order valence-electron chi connectivity index (χ0n) is 14.2. The second-order valence-corrected chi connectivity index (χ2v) is 7.02. The molecule has 0 spiro atoms. The van der Waals surface area contributed by atoms with Crippen LogP contribution >= 0.6 is 23.8 Å². The van der Waals surface area contributed by atoms with Crippen LogP contribution in [0.5, 0.6) is 0 Å². The molecule has 1 aliphatic rings. The van der Waals surface area contributed by atoms with Gasteiger partial charge in [-0.2, -0.15) is 0 Å². The van der Waals surface area contributed by atoms with Gasteiger partial charge in [0.05, 0.1) is 11.9 Å². The van der Waals surface area contributed by atoms with E-state index in [1.165, 1.54) is 25.7 Å². The molecule has 2 heterocycles. The Morgan fingerprint density at radius 2 is 1.84 bits per heavy atom. The molecule has 0 aliphatic carbocycles. The average Bonchev–Trinajstić information content (AvgIpc) is 2.91. The topological polar surface area (TPSA) is 40.2 Å². The van der Waals surface area contributed by atoms with Gasteiger partial charge in [0.1, 0.15) is 5.82 Å². The Bertz CT molecular complexity index is 697. The molecular weight excluding hydrogens is 352 g/mol. The van der Waals surface area contributed by atoms with Crippen LogP contribution in [0.15, 0.2) is 42.6 Å². The maximum Gasteiger partial charge on any atom is 0.171 e. The average molecular weight is 375 g/mol. The summed E-state index contributed by atoms with van der Waals surface area (Å²) in [5.74, 6) is 1.04. The van der Waals surface area contributed by atoms with E-state index < -0.39 is 0 Å². The SMILES string of the molecule is S=C(NCc1ccccc1Cl)Nc1ccc(N2CCCCCC2)nc1. The molecule has 1 fully saturated rings. The molecule has 1 aromatic carbocycles. The minimum Gasteiger partial charge on any atom is -0.358 e. The van der Waals surface area contributed by atoms with Crippen molar-refractivity contribution in [3.8, 4) is 0 Å². The monoisotopic (exact) mass is 374 g/mol. The molecule has 2 N–H and O–H groups in total. The number of pyridine rings is 1. The van der Waals surface area contributed by atoms with E-state index in [9.17, 15) is 0 Å². The fourth-order valence-corrected chi connectivity index (χ4v) is 3.33. The Balaban J connectivity index is 1.52. The first-order valence-electron chi connectivity index (χ1n) is 8.71. The maximum absolute atomic E-state index is 6.15. The molecule has 6 heteroatoms. The Labute approximate surface area is 159 Å². The molecule has 0 bridgehead atoms. The Morgan fingerprint density at radius 1 is 1.08 bits per heavy atom. The fraction of sp³-hybridized carbons (Fsp3) is 0.368. The molecule has 132 valence electrons. The van der Waals surface area contributed by atoms with E-state index in [4.69, 9.17) is 23.8 Å². The number of benzene rings is 1. The maximum atomic E-state index is 6.15. The highest BCUT2D eigenvalue weighted by Crippen LogP contribution is 2.19. The summed E-state index contributed by atoms with van der Waals surface area (Å²) in [7, 11) is 0. The van der Waals surface area contributed by atoms with Crippen molar-refractivity contribution in [2.75, 3.05) is 23.3 Å². The first-order valence-corrected chi connectivity index (χ1v) is 9.50. The van der Waals surface area contributed by atoms with Crippen molar-refractivity contribution < 1.29 is 0 Å². The van der Waals surface area contributed by atoms with Crippen LogP contribution in [-0.4, -0.2) is 23.2 Å². The number of nitrogens with one attached hydrogen (secondary N) is 2. The van der Waals surface area contributed by atoms with Crippen LogP contribution in [0.2, 0.25) is 5.02 Å².